The van der Waals surface area contributed by atoms with Crippen molar-refractivity contribution in [3.8, 4) is 5.75 Å². The van der Waals surface area contributed by atoms with Crippen molar-refractivity contribution >= 4 is 16.8 Å². The molecule has 0 aliphatic rings. The molecule has 0 aliphatic heterocycles. The Morgan fingerprint density at radius 1 is 1.47 bits per heavy atom. The third kappa shape index (κ3) is 2.43. The molecule has 1 unspecified atom stereocenters. The molecule has 0 saturated heterocycles. The Kier molecular flexibility index (Phi) is 3.79. The molecule has 2 rings (SSSR count). The molecule has 0 aliphatic carbocycles. The molecule has 2 aromatic rings. The summed E-state index contributed by atoms with van der Waals surface area (Å²) in [6.07, 6.45) is 0.916. The average molecular weight is 260 g/mol. The number of ether oxygens (including phenoxy) is 1. The van der Waals surface area contributed by atoms with Gasteiger partial charge in [-0.1, -0.05) is 13.0 Å². The van der Waals surface area contributed by atoms with Crippen molar-refractivity contribution in [2.45, 2.75) is 26.3 Å². The van der Waals surface area contributed by atoms with E-state index in [4.69, 9.17) is 4.74 Å². The largest absolute Gasteiger partial charge is 0.496 e. The summed E-state index contributed by atoms with van der Waals surface area (Å²) in [6, 6.07) is 7.87. The van der Waals surface area contributed by atoms with Crippen LogP contribution in [0.15, 0.2) is 24.3 Å². The van der Waals surface area contributed by atoms with Gasteiger partial charge in [0.05, 0.1) is 12.6 Å². The van der Waals surface area contributed by atoms with Gasteiger partial charge in [0.2, 0.25) is 0 Å². The van der Waals surface area contributed by atoms with Crippen LogP contribution in [0.2, 0.25) is 0 Å². The number of hydrogen-bond acceptors (Lipinski definition) is 2. The minimum Gasteiger partial charge on any atom is -0.496 e. The number of methoxy groups -OCH3 is 1. The fourth-order valence-electron chi connectivity index (χ4n) is 2.13. The summed E-state index contributed by atoms with van der Waals surface area (Å²) in [6.45, 7) is 4.05. The molecule has 0 saturated carbocycles. The fraction of sp³-hybridized carbons (Fsp3) is 0.400. The standard InChI is InChI=1S/C15H20N2O2/c1-5-10(2)16-15(18)13-9-11-12(17(13)3)7-6-8-14(11)19-4/h6-10H,5H2,1-4H3,(H,16,18). The molecular weight excluding hydrogens is 240 g/mol. The maximum atomic E-state index is 12.2. The van der Waals surface area contributed by atoms with Crippen LogP contribution in [0.3, 0.4) is 0 Å². The van der Waals surface area contributed by atoms with Crippen LogP contribution in [0.25, 0.3) is 10.9 Å². The molecule has 4 heteroatoms. The Labute approximate surface area is 113 Å². The lowest BCUT2D eigenvalue weighted by atomic mass is 10.2. The van der Waals surface area contributed by atoms with Gasteiger partial charge in [-0.3, -0.25) is 4.79 Å². The number of carbonyl (C=O) groups is 1. The number of amides is 1. The zero-order chi connectivity index (χ0) is 14.0. The molecule has 1 N–H and O–H groups in total. The minimum absolute atomic E-state index is 0.0462. The van der Waals surface area contributed by atoms with Crippen molar-refractivity contribution in [1.29, 1.82) is 0 Å². The van der Waals surface area contributed by atoms with Crippen LogP contribution in [0.4, 0.5) is 0 Å². The number of hydrogen-bond donors (Lipinski definition) is 1. The third-order valence-corrected chi connectivity index (χ3v) is 3.49. The van der Waals surface area contributed by atoms with E-state index in [1.54, 1.807) is 7.11 Å². The molecule has 19 heavy (non-hydrogen) atoms. The highest BCUT2D eigenvalue weighted by atomic mass is 16.5. The van der Waals surface area contributed by atoms with E-state index in [2.05, 4.69) is 12.2 Å². The number of nitrogens with zero attached hydrogens (tertiary/aromatic N) is 1. The van der Waals surface area contributed by atoms with E-state index in [0.717, 1.165) is 23.1 Å². The Bertz CT molecular complexity index is 601. The molecule has 1 aromatic carbocycles. The van der Waals surface area contributed by atoms with E-state index in [9.17, 15) is 4.79 Å². The number of aromatic nitrogens is 1. The fourth-order valence-corrected chi connectivity index (χ4v) is 2.13. The van der Waals surface area contributed by atoms with Gasteiger partial charge in [-0.2, -0.15) is 0 Å². The maximum Gasteiger partial charge on any atom is 0.268 e. The Hall–Kier alpha value is -1.97. The van der Waals surface area contributed by atoms with Crippen LogP contribution in [-0.4, -0.2) is 23.6 Å². The van der Waals surface area contributed by atoms with Gasteiger partial charge in [-0.05, 0) is 31.5 Å². The van der Waals surface area contributed by atoms with E-state index >= 15 is 0 Å². The molecule has 0 bridgehead atoms. The Morgan fingerprint density at radius 3 is 2.84 bits per heavy atom. The molecule has 1 amide bonds. The molecule has 0 fully saturated rings. The second-order valence-corrected chi connectivity index (χ2v) is 4.76. The van der Waals surface area contributed by atoms with Gasteiger partial charge >= 0.3 is 0 Å². The zero-order valence-electron chi connectivity index (χ0n) is 11.9. The minimum atomic E-state index is -0.0462. The second-order valence-electron chi connectivity index (χ2n) is 4.76. The molecule has 0 spiro atoms. The molecule has 1 atom stereocenters. The van der Waals surface area contributed by atoms with Crippen LogP contribution in [-0.2, 0) is 7.05 Å². The van der Waals surface area contributed by atoms with Gasteiger partial charge in [-0.15, -0.1) is 0 Å². The Morgan fingerprint density at radius 2 is 2.21 bits per heavy atom. The predicted molar refractivity (Wildman–Crippen MR) is 76.7 cm³/mol. The SMILES string of the molecule is CCC(C)NC(=O)c1cc2c(OC)cccc2n1C. The number of benzene rings is 1. The number of nitrogens with one attached hydrogen (secondary N) is 1. The first-order valence-electron chi connectivity index (χ1n) is 6.51. The highest BCUT2D eigenvalue weighted by molar-refractivity contribution is 6.00. The topological polar surface area (TPSA) is 43.3 Å². The van der Waals surface area contributed by atoms with Crippen molar-refractivity contribution < 1.29 is 9.53 Å². The van der Waals surface area contributed by atoms with Crippen molar-refractivity contribution in [3.05, 3.63) is 30.0 Å². The van der Waals surface area contributed by atoms with Crippen LogP contribution in [0, 0.1) is 0 Å². The summed E-state index contributed by atoms with van der Waals surface area (Å²) in [5.41, 5.74) is 1.65. The first kappa shape index (κ1) is 13.5. The van der Waals surface area contributed by atoms with Gasteiger partial charge < -0.3 is 14.6 Å². The molecule has 1 aromatic heterocycles. The van der Waals surface area contributed by atoms with Crippen LogP contribution < -0.4 is 10.1 Å². The quantitative estimate of drug-likeness (QED) is 0.918. The van der Waals surface area contributed by atoms with E-state index in [-0.39, 0.29) is 11.9 Å². The van der Waals surface area contributed by atoms with E-state index in [1.165, 1.54) is 0 Å². The lowest BCUT2D eigenvalue weighted by Gasteiger charge is -2.11. The van der Waals surface area contributed by atoms with E-state index in [0.29, 0.717) is 5.69 Å². The number of fused-ring (bicyclic) bond motifs is 1. The van der Waals surface area contributed by atoms with Gasteiger partial charge in [0.25, 0.3) is 5.91 Å². The first-order chi connectivity index (χ1) is 9.08. The molecule has 0 radical (unpaired) electrons. The van der Waals surface area contributed by atoms with E-state index < -0.39 is 0 Å². The number of rotatable bonds is 4. The summed E-state index contributed by atoms with van der Waals surface area (Å²) in [5, 5.41) is 3.94. The van der Waals surface area contributed by atoms with E-state index in [1.807, 2.05) is 42.8 Å². The summed E-state index contributed by atoms with van der Waals surface area (Å²) in [4.78, 5) is 12.2. The van der Waals surface area contributed by atoms with Gasteiger partial charge in [-0.25, -0.2) is 0 Å². The summed E-state index contributed by atoms with van der Waals surface area (Å²) >= 11 is 0. The second kappa shape index (κ2) is 5.34. The summed E-state index contributed by atoms with van der Waals surface area (Å²) < 4.78 is 7.23. The summed E-state index contributed by atoms with van der Waals surface area (Å²) in [7, 11) is 3.54. The smallest absolute Gasteiger partial charge is 0.268 e. The highest BCUT2D eigenvalue weighted by Crippen LogP contribution is 2.27. The third-order valence-electron chi connectivity index (χ3n) is 3.49. The normalized spacial score (nSPS) is 12.4. The van der Waals surface area contributed by atoms with Crippen LogP contribution in [0.1, 0.15) is 30.8 Å². The number of carbonyl (C=O) groups excluding carboxylic acids is 1. The average Bonchev–Trinajstić information content (AvgIpc) is 2.76. The predicted octanol–water partition coefficient (Wildman–Crippen LogP) is 2.72. The number of aryl methyl sites for hydroxylation is 1. The highest BCUT2D eigenvalue weighted by Gasteiger charge is 2.16. The van der Waals surface area contributed by atoms with Gasteiger partial charge in [0.15, 0.2) is 0 Å². The van der Waals surface area contributed by atoms with Crippen molar-refractivity contribution in [3.63, 3.8) is 0 Å². The molecule has 102 valence electrons. The van der Waals surface area contributed by atoms with Crippen molar-refractivity contribution in [1.82, 2.24) is 9.88 Å². The summed E-state index contributed by atoms with van der Waals surface area (Å²) in [5.74, 6) is 0.741. The van der Waals surface area contributed by atoms with Crippen molar-refractivity contribution in [2.75, 3.05) is 7.11 Å². The zero-order valence-corrected chi connectivity index (χ0v) is 11.9. The molecular formula is C15H20N2O2. The van der Waals surface area contributed by atoms with Crippen LogP contribution >= 0.6 is 0 Å². The van der Waals surface area contributed by atoms with Crippen molar-refractivity contribution in [2.24, 2.45) is 7.05 Å². The lowest BCUT2D eigenvalue weighted by Crippen LogP contribution is -2.33. The molecule has 4 nitrogen and oxygen atoms in total. The Balaban J connectivity index is 2.45. The lowest BCUT2D eigenvalue weighted by molar-refractivity contribution is 0.0931. The van der Waals surface area contributed by atoms with Gasteiger partial charge in [0.1, 0.15) is 11.4 Å². The van der Waals surface area contributed by atoms with Crippen LogP contribution in [0.5, 0.6) is 5.75 Å². The monoisotopic (exact) mass is 260 g/mol. The first-order valence-corrected chi connectivity index (χ1v) is 6.51. The van der Waals surface area contributed by atoms with Gasteiger partial charge in [0, 0.05) is 18.5 Å². The molecule has 1 heterocycles. The maximum absolute atomic E-state index is 12.2.